The molecule has 1 unspecified atom stereocenters. The number of carbonyl (C=O) groups excluding carboxylic acids is 1. The third-order valence-electron chi connectivity index (χ3n) is 10.4. The van der Waals surface area contributed by atoms with Crippen molar-refractivity contribution in [3.63, 3.8) is 0 Å². The maximum atomic E-state index is 13.4. The Morgan fingerprint density at radius 1 is 0.925 bits per heavy atom. The minimum absolute atomic E-state index is 0.144. The van der Waals surface area contributed by atoms with Gasteiger partial charge in [0.1, 0.15) is 5.76 Å². The van der Waals surface area contributed by atoms with Crippen LogP contribution in [0.5, 0.6) is 0 Å². The first-order valence-corrected chi connectivity index (χ1v) is 18.3. The Morgan fingerprint density at radius 3 is 2.36 bits per heavy atom. The standard InChI is InChI=1S/C41H43BBrF3N2O5/c1-27-11-14-29-9-7-8-10-34(29)35(27)26-48(25-33-17-18-36(51-33)41(44,45)46)24-28-12-15-31(16-13-28)42-52-39(4,5)40(6,53-42)19-20-50-37(49)38(2,3)30-21-32(43)23-47-22-30/h7-18,21-23H,19-20,24-26H2,1-6H3. The molecule has 6 rings (SSSR count). The summed E-state index contributed by atoms with van der Waals surface area (Å²) in [5, 5.41) is 2.20. The lowest BCUT2D eigenvalue weighted by molar-refractivity contribution is -0.153. The topological polar surface area (TPSA) is 74.0 Å². The second-order valence-electron chi connectivity index (χ2n) is 14.9. The zero-order valence-electron chi connectivity index (χ0n) is 30.7. The Labute approximate surface area is 317 Å². The average molecular weight is 792 g/mol. The van der Waals surface area contributed by atoms with Gasteiger partial charge in [-0.1, -0.05) is 60.7 Å². The molecule has 3 aromatic carbocycles. The number of rotatable bonds is 12. The summed E-state index contributed by atoms with van der Waals surface area (Å²) in [6.45, 7) is 12.8. The first-order chi connectivity index (χ1) is 24.9. The SMILES string of the molecule is Cc1ccc2ccccc2c1CN(Cc1ccc(B2OC(C)(C)C(C)(CCOC(=O)C(C)(C)c3cncc(Br)c3)O2)cc1)Cc1ccc(C(F)(F)F)o1. The molecular weight excluding hydrogens is 748 g/mol. The van der Waals surface area contributed by atoms with E-state index in [1.54, 1.807) is 12.4 Å². The fourth-order valence-corrected chi connectivity index (χ4v) is 6.97. The lowest BCUT2D eigenvalue weighted by Gasteiger charge is -2.36. The molecule has 1 fully saturated rings. The van der Waals surface area contributed by atoms with Crippen LogP contribution in [0.3, 0.4) is 0 Å². The van der Waals surface area contributed by atoms with Gasteiger partial charge in [-0.05, 0) is 114 Å². The van der Waals surface area contributed by atoms with Crippen LogP contribution in [0.4, 0.5) is 13.2 Å². The zero-order valence-corrected chi connectivity index (χ0v) is 32.3. The van der Waals surface area contributed by atoms with Crippen molar-refractivity contribution >= 4 is 45.3 Å². The van der Waals surface area contributed by atoms with E-state index in [4.69, 9.17) is 18.5 Å². The second kappa shape index (κ2) is 15.0. The molecule has 0 saturated carbocycles. The number of halogens is 4. The van der Waals surface area contributed by atoms with Crippen LogP contribution < -0.4 is 5.46 Å². The lowest BCUT2D eigenvalue weighted by Crippen LogP contribution is -2.46. The molecule has 5 aromatic rings. The van der Waals surface area contributed by atoms with Crippen LogP contribution in [0, 0.1) is 6.92 Å². The Hall–Kier alpha value is -3.97. The van der Waals surface area contributed by atoms with Gasteiger partial charge in [-0.2, -0.15) is 13.2 Å². The van der Waals surface area contributed by atoms with Gasteiger partial charge in [0.2, 0.25) is 5.76 Å². The molecule has 1 atom stereocenters. The van der Waals surface area contributed by atoms with Gasteiger partial charge >= 0.3 is 19.3 Å². The van der Waals surface area contributed by atoms with Crippen molar-refractivity contribution in [1.29, 1.82) is 0 Å². The largest absolute Gasteiger partial charge is 0.494 e. The minimum atomic E-state index is -4.56. The number of nitrogens with zero attached hydrogens (tertiary/aromatic N) is 2. The van der Waals surface area contributed by atoms with Crippen LogP contribution in [-0.4, -0.2) is 40.8 Å². The van der Waals surface area contributed by atoms with Crippen LogP contribution in [-0.2, 0) is 50.1 Å². The van der Waals surface area contributed by atoms with Crippen LogP contribution in [0.1, 0.15) is 74.8 Å². The molecule has 0 bridgehead atoms. The maximum Gasteiger partial charge on any atom is 0.494 e. The number of esters is 1. The van der Waals surface area contributed by atoms with Crippen molar-refractivity contribution in [2.75, 3.05) is 6.61 Å². The molecule has 3 heterocycles. The Morgan fingerprint density at radius 2 is 1.66 bits per heavy atom. The smallest absolute Gasteiger partial charge is 0.465 e. The van der Waals surface area contributed by atoms with E-state index in [0.29, 0.717) is 19.5 Å². The zero-order chi connectivity index (χ0) is 38.2. The predicted octanol–water partition coefficient (Wildman–Crippen LogP) is 9.31. The van der Waals surface area contributed by atoms with E-state index >= 15 is 0 Å². The van der Waals surface area contributed by atoms with Crippen molar-refractivity contribution in [2.24, 2.45) is 0 Å². The predicted molar refractivity (Wildman–Crippen MR) is 202 cm³/mol. The number of pyridine rings is 1. The number of carbonyl (C=O) groups is 1. The lowest BCUT2D eigenvalue weighted by atomic mass is 9.79. The summed E-state index contributed by atoms with van der Waals surface area (Å²) in [7, 11) is -0.651. The minimum Gasteiger partial charge on any atom is -0.465 e. The van der Waals surface area contributed by atoms with Crippen LogP contribution in [0.25, 0.3) is 10.8 Å². The van der Waals surface area contributed by atoms with Gasteiger partial charge < -0.3 is 18.5 Å². The first kappa shape index (κ1) is 38.7. The highest BCUT2D eigenvalue weighted by atomic mass is 79.9. The molecule has 0 radical (unpaired) electrons. The fourth-order valence-electron chi connectivity index (χ4n) is 6.60. The van der Waals surface area contributed by atoms with Crippen molar-refractivity contribution in [3.8, 4) is 0 Å². The molecule has 12 heteroatoms. The van der Waals surface area contributed by atoms with Crippen molar-refractivity contribution in [1.82, 2.24) is 9.88 Å². The summed E-state index contributed by atoms with van der Waals surface area (Å²) < 4.78 is 64.9. The average Bonchev–Trinajstić information content (AvgIpc) is 3.67. The number of ether oxygens (including phenoxy) is 1. The van der Waals surface area contributed by atoms with E-state index in [9.17, 15) is 18.0 Å². The van der Waals surface area contributed by atoms with E-state index in [1.807, 2.05) is 84.0 Å². The van der Waals surface area contributed by atoms with Crippen molar-refractivity contribution in [2.45, 2.75) is 90.4 Å². The number of furan rings is 1. The third kappa shape index (κ3) is 8.56. The van der Waals surface area contributed by atoms with Gasteiger partial charge in [0.25, 0.3) is 0 Å². The summed E-state index contributed by atoms with van der Waals surface area (Å²) in [5.74, 6) is -1.13. The molecule has 1 aliphatic rings. The summed E-state index contributed by atoms with van der Waals surface area (Å²) in [6, 6.07) is 24.4. The molecule has 1 aliphatic heterocycles. The molecular formula is C41H43BBrF3N2O5. The van der Waals surface area contributed by atoms with Crippen LogP contribution >= 0.6 is 15.9 Å². The molecule has 1 saturated heterocycles. The molecule has 0 spiro atoms. The van der Waals surface area contributed by atoms with Gasteiger partial charge in [-0.15, -0.1) is 0 Å². The summed E-state index contributed by atoms with van der Waals surface area (Å²) in [4.78, 5) is 19.4. The van der Waals surface area contributed by atoms with Gasteiger partial charge in [-0.3, -0.25) is 14.7 Å². The third-order valence-corrected chi connectivity index (χ3v) is 10.9. The Bertz CT molecular complexity index is 2080. The monoisotopic (exact) mass is 790 g/mol. The molecule has 278 valence electrons. The number of fused-ring (bicyclic) bond motifs is 1. The molecule has 0 amide bonds. The van der Waals surface area contributed by atoms with E-state index < -0.39 is 35.7 Å². The number of aryl methyl sites for hydroxylation is 1. The van der Waals surface area contributed by atoms with Gasteiger partial charge in [0.05, 0.1) is 29.8 Å². The molecule has 0 aliphatic carbocycles. The molecule has 7 nitrogen and oxygen atoms in total. The summed E-state index contributed by atoms with van der Waals surface area (Å²) in [6.07, 6.45) is -0.812. The number of hydrogen-bond donors (Lipinski definition) is 0. The van der Waals surface area contributed by atoms with Crippen LogP contribution in [0.2, 0.25) is 0 Å². The Kier molecular flexibility index (Phi) is 11.0. The van der Waals surface area contributed by atoms with E-state index in [0.717, 1.165) is 49.0 Å². The van der Waals surface area contributed by atoms with E-state index in [1.165, 1.54) is 6.07 Å². The fraction of sp³-hybridized carbons (Fsp3) is 0.366. The summed E-state index contributed by atoms with van der Waals surface area (Å²) >= 11 is 3.42. The second-order valence-corrected chi connectivity index (χ2v) is 15.9. The highest BCUT2D eigenvalue weighted by Gasteiger charge is 2.54. The van der Waals surface area contributed by atoms with E-state index in [-0.39, 0.29) is 24.9 Å². The van der Waals surface area contributed by atoms with Gasteiger partial charge in [0, 0.05) is 36.4 Å². The van der Waals surface area contributed by atoms with E-state index in [2.05, 4.69) is 50.1 Å². The normalized spacial score (nSPS) is 17.5. The van der Waals surface area contributed by atoms with Crippen molar-refractivity contribution in [3.05, 3.63) is 130 Å². The number of aromatic nitrogens is 1. The number of benzene rings is 3. The Balaban J connectivity index is 1.14. The highest BCUT2D eigenvalue weighted by Crippen LogP contribution is 2.40. The molecule has 0 N–H and O–H groups in total. The number of hydrogen-bond acceptors (Lipinski definition) is 7. The highest BCUT2D eigenvalue weighted by molar-refractivity contribution is 9.10. The van der Waals surface area contributed by atoms with Crippen LogP contribution in [0.15, 0.2) is 100 Å². The first-order valence-electron chi connectivity index (χ1n) is 17.5. The van der Waals surface area contributed by atoms with Gasteiger partial charge in [-0.25, -0.2) is 0 Å². The maximum absolute atomic E-state index is 13.4. The summed E-state index contributed by atoms with van der Waals surface area (Å²) in [5.41, 5.74) is 2.39. The molecule has 2 aromatic heterocycles. The van der Waals surface area contributed by atoms with Crippen molar-refractivity contribution < 1.29 is 36.4 Å². The quantitative estimate of drug-likeness (QED) is 0.0922. The van der Waals surface area contributed by atoms with Gasteiger partial charge in [0.15, 0.2) is 0 Å². The molecule has 53 heavy (non-hydrogen) atoms. The number of alkyl halides is 3.